The Morgan fingerprint density at radius 3 is 1.19 bits per heavy atom. The average Bonchev–Trinajstić information content (AvgIpc) is 2.25. The fourth-order valence-electron chi connectivity index (χ4n) is 0.523. The maximum absolute atomic E-state index is 12.2. The quantitative estimate of drug-likeness (QED) is 0.608. The van der Waals surface area contributed by atoms with E-state index in [0.717, 1.165) is 0 Å². The molecule has 0 rings (SSSR count). The predicted molar refractivity (Wildman–Crippen MR) is 53.0 cm³/mol. The zero-order valence-corrected chi connectivity index (χ0v) is 11.3. The second-order valence-corrected chi connectivity index (χ2v) is 5.10. The van der Waals surface area contributed by atoms with Gasteiger partial charge in [0.2, 0.25) is 0 Å². The van der Waals surface area contributed by atoms with Crippen LogP contribution in [-0.2, 0) is 10.1 Å². The molecule has 0 radical (unpaired) electrons. The molecule has 0 aliphatic carbocycles. The number of alkyl halides is 9. The van der Waals surface area contributed by atoms with Gasteiger partial charge in [-0.15, -0.1) is 0 Å². The molecule has 13 heteroatoms. The molecular formula is C8H11F9O3S. The average molecular weight is 358 g/mol. The Kier molecular flexibility index (Phi) is 7.07. The maximum atomic E-state index is 12.2. The normalized spacial score (nSPS) is 14.5. The fourth-order valence-corrected chi connectivity index (χ4v) is 0.975. The monoisotopic (exact) mass is 358 g/mol. The summed E-state index contributed by atoms with van der Waals surface area (Å²) in [6.45, 7) is 4.36. The first kappa shape index (κ1) is 22.6. The Labute approximate surface area is 113 Å². The van der Waals surface area contributed by atoms with Crippen LogP contribution in [0.25, 0.3) is 0 Å². The summed E-state index contributed by atoms with van der Waals surface area (Å²) in [5.41, 5.74) is 0. The van der Waals surface area contributed by atoms with E-state index in [-0.39, 0.29) is 0 Å². The number of unbranched alkanes of at least 4 members (excludes halogenated alkanes) is 1. The highest BCUT2D eigenvalue weighted by molar-refractivity contribution is 7.87. The molecule has 3 nitrogen and oxygen atoms in total. The minimum absolute atomic E-state index is 1.32. The van der Waals surface area contributed by atoms with E-state index in [1.165, 1.54) is 12.8 Å². The Bertz CT molecular complexity index is 425. The molecule has 130 valence electrons. The molecule has 0 unspecified atom stereocenters. The van der Waals surface area contributed by atoms with Crippen molar-refractivity contribution < 1.29 is 52.5 Å². The molecule has 0 aromatic heterocycles. The molecule has 0 fully saturated rings. The van der Waals surface area contributed by atoms with Crippen molar-refractivity contribution in [2.75, 3.05) is 0 Å². The van der Waals surface area contributed by atoms with Crippen molar-refractivity contribution in [3.05, 3.63) is 0 Å². The van der Waals surface area contributed by atoms with Gasteiger partial charge in [0.15, 0.2) is 0 Å². The minimum atomic E-state index is -7.37. The lowest BCUT2D eigenvalue weighted by Gasteiger charge is -2.31. The summed E-state index contributed by atoms with van der Waals surface area (Å²) in [7, 11) is -7.17. The van der Waals surface area contributed by atoms with E-state index in [2.05, 4.69) is 13.8 Å². The molecule has 0 amide bonds. The molecule has 0 atom stereocenters. The number of halogens is 9. The smallest absolute Gasteiger partial charge is 0.281 e. The molecule has 0 bridgehead atoms. The first-order chi connectivity index (χ1) is 8.91. The van der Waals surface area contributed by atoms with Crippen LogP contribution in [0.3, 0.4) is 0 Å². The molecule has 0 aliphatic heterocycles. The van der Waals surface area contributed by atoms with Crippen molar-refractivity contribution in [2.45, 2.75) is 50.0 Å². The summed E-state index contributed by atoms with van der Waals surface area (Å²) in [6, 6.07) is 0. The largest absolute Gasteiger partial charge is 0.460 e. The van der Waals surface area contributed by atoms with E-state index in [4.69, 9.17) is 4.55 Å². The molecule has 0 saturated carbocycles. The summed E-state index contributed by atoms with van der Waals surface area (Å²) in [5, 5.41) is -7.00. The van der Waals surface area contributed by atoms with Gasteiger partial charge >= 0.3 is 33.4 Å². The van der Waals surface area contributed by atoms with E-state index in [0.29, 0.717) is 0 Å². The Morgan fingerprint density at radius 1 is 0.762 bits per heavy atom. The predicted octanol–water partition coefficient (Wildman–Crippen LogP) is 4.11. The van der Waals surface area contributed by atoms with Crippen LogP contribution in [0.2, 0.25) is 0 Å². The standard InChI is InChI=1S/C4HF9O3S.C4H10/c5-1(6,3(9,10)11)2(7,8)4(12,13)17(14,15)16;1-3-4-2/h(H,14,15,16);3-4H2,1-2H3. The maximum Gasteiger partial charge on any atom is 0.460 e. The minimum Gasteiger partial charge on any atom is -0.281 e. The van der Waals surface area contributed by atoms with Gasteiger partial charge in [-0.25, -0.2) is 0 Å². The van der Waals surface area contributed by atoms with Crippen LogP contribution in [-0.4, -0.2) is 36.2 Å². The van der Waals surface area contributed by atoms with E-state index in [9.17, 15) is 47.9 Å². The van der Waals surface area contributed by atoms with Gasteiger partial charge in [-0.3, -0.25) is 4.55 Å². The van der Waals surface area contributed by atoms with Crippen molar-refractivity contribution in [1.29, 1.82) is 0 Å². The van der Waals surface area contributed by atoms with Gasteiger partial charge in [-0.05, 0) is 0 Å². The second kappa shape index (κ2) is 6.58. The SMILES string of the molecule is CCCC.O=S(=O)(O)C(F)(F)C(F)(F)C(F)(F)C(F)(F)F. The summed E-state index contributed by atoms with van der Waals surface area (Å²) in [4.78, 5) is 0. The van der Waals surface area contributed by atoms with Crippen LogP contribution in [0, 0.1) is 0 Å². The van der Waals surface area contributed by atoms with Gasteiger partial charge in [-0.2, -0.15) is 47.9 Å². The van der Waals surface area contributed by atoms with Crippen LogP contribution < -0.4 is 0 Å². The lowest BCUT2D eigenvalue weighted by atomic mass is 10.1. The summed E-state index contributed by atoms with van der Waals surface area (Å²) in [5.74, 6) is -14.7. The van der Waals surface area contributed by atoms with Gasteiger partial charge in [0.1, 0.15) is 0 Å². The Balaban J connectivity index is 0. The first-order valence-corrected chi connectivity index (χ1v) is 6.53. The second-order valence-electron chi connectivity index (χ2n) is 3.64. The molecule has 0 saturated heterocycles. The van der Waals surface area contributed by atoms with E-state index in [1.807, 2.05) is 0 Å². The molecular weight excluding hydrogens is 347 g/mol. The first-order valence-electron chi connectivity index (χ1n) is 5.09. The number of hydrogen-bond donors (Lipinski definition) is 1. The summed E-state index contributed by atoms with van der Waals surface area (Å²) < 4.78 is 134. The zero-order valence-electron chi connectivity index (χ0n) is 10.5. The van der Waals surface area contributed by atoms with E-state index >= 15 is 0 Å². The number of hydrogen-bond acceptors (Lipinski definition) is 2. The van der Waals surface area contributed by atoms with Crippen molar-refractivity contribution >= 4 is 10.1 Å². The zero-order chi connectivity index (χ0) is 17.9. The third-order valence-electron chi connectivity index (χ3n) is 1.94. The van der Waals surface area contributed by atoms with E-state index in [1.54, 1.807) is 0 Å². The molecule has 0 spiro atoms. The van der Waals surface area contributed by atoms with Crippen molar-refractivity contribution in [3.63, 3.8) is 0 Å². The topological polar surface area (TPSA) is 54.4 Å². The third-order valence-corrected chi connectivity index (χ3v) is 2.84. The molecule has 1 N–H and O–H groups in total. The molecule has 0 aromatic rings. The van der Waals surface area contributed by atoms with Crippen LogP contribution in [0.5, 0.6) is 0 Å². The van der Waals surface area contributed by atoms with Gasteiger partial charge < -0.3 is 0 Å². The van der Waals surface area contributed by atoms with Crippen LogP contribution in [0.15, 0.2) is 0 Å². The van der Waals surface area contributed by atoms with E-state index < -0.39 is 33.4 Å². The third kappa shape index (κ3) is 4.37. The lowest BCUT2D eigenvalue weighted by molar-refractivity contribution is -0.382. The summed E-state index contributed by atoms with van der Waals surface area (Å²) in [6.07, 6.45) is -4.50. The van der Waals surface area contributed by atoms with Crippen molar-refractivity contribution in [3.8, 4) is 0 Å². The van der Waals surface area contributed by atoms with Crippen molar-refractivity contribution in [1.82, 2.24) is 0 Å². The highest BCUT2D eigenvalue weighted by Crippen LogP contribution is 2.54. The van der Waals surface area contributed by atoms with Gasteiger partial charge in [-0.1, -0.05) is 26.7 Å². The Morgan fingerprint density at radius 2 is 1.05 bits per heavy atom. The highest BCUT2D eigenvalue weighted by atomic mass is 32.2. The highest BCUT2D eigenvalue weighted by Gasteiger charge is 2.85. The summed E-state index contributed by atoms with van der Waals surface area (Å²) >= 11 is 0. The van der Waals surface area contributed by atoms with Crippen LogP contribution >= 0.6 is 0 Å². The fraction of sp³-hybridized carbons (Fsp3) is 1.00. The van der Waals surface area contributed by atoms with Gasteiger partial charge in [0, 0.05) is 0 Å². The van der Waals surface area contributed by atoms with Crippen LogP contribution in [0.1, 0.15) is 26.7 Å². The van der Waals surface area contributed by atoms with Crippen LogP contribution in [0.4, 0.5) is 39.5 Å². The van der Waals surface area contributed by atoms with Gasteiger partial charge in [0.05, 0.1) is 0 Å². The molecule has 0 heterocycles. The molecule has 21 heavy (non-hydrogen) atoms. The molecule has 0 aliphatic rings. The Hall–Kier alpha value is -0.720. The van der Waals surface area contributed by atoms with Gasteiger partial charge in [0.25, 0.3) is 0 Å². The van der Waals surface area contributed by atoms with Crippen molar-refractivity contribution in [2.24, 2.45) is 0 Å². The molecule has 0 aromatic carbocycles. The number of rotatable bonds is 4. The lowest BCUT2D eigenvalue weighted by Crippen LogP contribution is -2.63.